The molecule has 0 amide bonds. The first-order chi connectivity index (χ1) is 11.7. The molecule has 3 aromatic rings. The molecule has 0 bridgehead atoms. The van der Waals surface area contributed by atoms with Crippen molar-refractivity contribution < 1.29 is 4.74 Å². The minimum absolute atomic E-state index is 0.330. The van der Waals surface area contributed by atoms with Gasteiger partial charge in [-0.1, -0.05) is 28.1 Å². The van der Waals surface area contributed by atoms with E-state index in [-0.39, 0.29) is 0 Å². The number of ether oxygens (including phenoxy) is 1. The Morgan fingerprint density at radius 1 is 1.08 bits per heavy atom. The van der Waals surface area contributed by atoms with Crippen LogP contribution in [0.15, 0.2) is 64.3 Å². The Morgan fingerprint density at radius 3 is 2.54 bits per heavy atom. The molecule has 0 aliphatic carbocycles. The molecule has 120 valence electrons. The van der Waals surface area contributed by atoms with Crippen LogP contribution >= 0.6 is 15.9 Å². The molecule has 1 heterocycles. The van der Waals surface area contributed by atoms with Crippen LogP contribution in [0.3, 0.4) is 0 Å². The van der Waals surface area contributed by atoms with Gasteiger partial charge in [0.05, 0.1) is 25.2 Å². The van der Waals surface area contributed by atoms with E-state index in [0.717, 1.165) is 21.3 Å². The van der Waals surface area contributed by atoms with E-state index in [0.29, 0.717) is 11.6 Å². The van der Waals surface area contributed by atoms with Crippen molar-refractivity contribution in [2.24, 2.45) is 5.10 Å². The van der Waals surface area contributed by atoms with Crippen molar-refractivity contribution >= 4 is 28.1 Å². The Kier molecular flexibility index (Phi) is 5.12. The summed E-state index contributed by atoms with van der Waals surface area (Å²) in [4.78, 5) is 4.40. The van der Waals surface area contributed by atoms with E-state index >= 15 is 0 Å². The van der Waals surface area contributed by atoms with Gasteiger partial charge in [0, 0.05) is 10.0 Å². The quantitative estimate of drug-likeness (QED) is 0.536. The summed E-state index contributed by atoms with van der Waals surface area (Å²) in [5.41, 5.74) is 5.38. The summed E-state index contributed by atoms with van der Waals surface area (Å²) in [6.45, 7) is 0. The summed E-state index contributed by atoms with van der Waals surface area (Å²) >= 11 is 3.39. The molecule has 0 fully saturated rings. The van der Waals surface area contributed by atoms with Gasteiger partial charge in [-0.15, -0.1) is 5.10 Å². The molecule has 0 aliphatic rings. The number of anilines is 1. The predicted octanol–water partition coefficient (Wildman–Crippen LogP) is 3.76. The highest BCUT2D eigenvalue weighted by atomic mass is 79.9. The summed E-state index contributed by atoms with van der Waals surface area (Å²) in [7, 11) is 1.63. The maximum atomic E-state index is 5.15. The lowest BCUT2D eigenvalue weighted by molar-refractivity contribution is 0.415. The number of benzene rings is 2. The Labute approximate surface area is 147 Å². The predicted molar refractivity (Wildman–Crippen MR) is 97.2 cm³/mol. The Balaban J connectivity index is 1.71. The monoisotopic (exact) mass is 383 g/mol. The first-order valence-corrected chi connectivity index (χ1v) is 7.93. The summed E-state index contributed by atoms with van der Waals surface area (Å²) in [6, 6.07) is 15.4. The second-order valence-electron chi connectivity index (χ2n) is 4.82. The Hall–Kier alpha value is -2.80. The maximum Gasteiger partial charge on any atom is 0.263 e. The summed E-state index contributed by atoms with van der Waals surface area (Å²) in [5, 5.41) is 12.0. The molecule has 3 rings (SSSR count). The van der Waals surface area contributed by atoms with Crippen LogP contribution < -0.4 is 10.2 Å². The fourth-order valence-electron chi connectivity index (χ4n) is 1.97. The zero-order valence-corrected chi connectivity index (χ0v) is 14.4. The number of hydrogen-bond acceptors (Lipinski definition) is 6. The molecule has 1 aromatic heterocycles. The molecule has 0 saturated carbocycles. The van der Waals surface area contributed by atoms with E-state index in [1.54, 1.807) is 19.5 Å². The third-order valence-electron chi connectivity index (χ3n) is 3.19. The van der Waals surface area contributed by atoms with Gasteiger partial charge < -0.3 is 4.74 Å². The highest BCUT2D eigenvalue weighted by molar-refractivity contribution is 9.10. The van der Waals surface area contributed by atoms with Gasteiger partial charge in [-0.3, -0.25) is 0 Å². The van der Waals surface area contributed by atoms with E-state index in [2.05, 4.69) is 41.6 Å². The van der Waals surface area contributed by atoms with Crippen LogP contribution in [0.4, 0.5) is 5.95 Å². The average molecular weight is 384 g/mol. The number of nitrogens with zero attached hydrogens (tertiary/aromatic N) is 4. The highest BCUT2D eigenvalue weighted by Crippen LogP contribution is 2.20. The van der Waals surface area contributed by atoms with E-state index in [4.69, 9.17) is 4.74 Å². The second kappa shape index (κ2) is 7.65. The molecular weight excluding hydrogens is 370 g/mol. The molecule has 1 N–H and O–H groups in total. The fraction of sp³-hybridized carbons (Fsp3) is 0.0588. The summed E-state index contributed by atoms with van der Waals surface area (Å²) < 4.78 is 6.17. The number of nitrogens with one attached hydrogen (secondary N) is 1. The van der Waals surface area contributed by atoms with Gasteiger partial charge in [0.25, 0.3) is 5.95 Å². The minimum atomic E-state index is 0.330. The molecule has 0 saturated heterocycles. The number of halogens is 1. The largest absolute Gasteiger partial charge is 0.497 e. The Bertz CT molecular complexity index is 834. The van der Waals surface area contributed by atoms with Crippen molar-refractivity contribution in [1.82, 2.24) is 15.2 Å². The third kappa shape index (κ3) is 4.14. The van der Waals surface area contributed by atoms with Crippen LogP contribution in [0.2, 0.25) is 0 Å². The van der Waals surface area contributed by atoms with Gasteiger partial charge in [0.15, 0.2) is 0 Å². The van der Waals surface area contributed by atoms with Crippen LogP contribution in [-0.2, 0) is 0 Å². The first kappa shape index (κ1) is 16.1. The molecule has 0 spiro atoms. The van der Waals surface area contributed by atoms with Crippen molar-refractivity contribution in [3.63, 3.8) is 0 Å². The molecule has 6 nitrogen and oxygen atoms in total. The van der Waals surface area contributed by atoms with E-state index in [1.807, 2.05) is 48.5 Å². The molecule has 2 aromatic carbocycles. The highest BCUT2D eigenvalue weighted by Gasteiger charge is 2.03. The SMILES string of the molecule is COc1ccc(-c2cnnc(N/N=C/c3ccc(Br)cc3)n2)cc1. The second-order valence-corrected chi connectivity index (χ2v) is 5.73. The van der Waals surface area contributed by atoms with Crippen molar-refractivity contribution in [2.75, 3.05) is 12.5 Å². The zero-order valence-electron chi connectivity index (χ0n) is 12.8. The van der Waals surface area contributed by atoms with Gasteiger partial charge in [-0.2, -0.15) is 10.2 Å². The van der Waals surface area contributed by atoms with E-state index < -0.39 is 0 Å². The number of aromatic nitrogens is 3. The van der Waals surface area contributed by atoms with Gasteiger partial charge in [-0.05, 0) is 42.0 Å². The van der Waals surface area contributed by atoms with Crippen LogP contribution in [0.5, 0.6) is 5.75 Å². The molecule has 24 heavy (non-hydrogen) atoms. The van der Waals surface area contributed by atoms with Crippen LogP contribution in [-0.4, -0.2) is 28.5 Å². The van der Waals surface area contributed by atoms with Crippen molar-refractivity contribution in [1.29, 1.82) is 0 Å². The lowest BCUT2D eigenvalue weighted by atomic mass is 10.1. The lowest BCUT2D eigenvalue weighted by Crippen LogP contribution is -2.00. The van der Waals surface area contributed by atoms with Gasteiger partial charge in [0.2, 0.25) is 0 Å². The standard InChI is InChI=1S/C17H14BrN5O/c1-24-15-8-4-13(5-9-15)16-11-20-23-17(21-16)22-19-10-12-2-6-14(18)7-3-12/h2-11H,1H3,(H,21,22,23)/b19-10+. The molecule has 0 radical (unpaired) electrons. The first-order valence-electron chi connectivity index (χ1n) is 7.13. The van der Waals surface area contributed by atoms with E-state index in [9.17, 15) is 0 Å². The van der Waals surface area contributed by atoms with E-state index in [1.165, 1.54) is 0 Å². The third-order valence-corrected chi connectivity index (χ3v) is 3.72. The molecule has 7 heteroatoms. The number of hydrogen-bond donors (Lipinski definition) is 1. The van der Waals surface area contributed by atoms with Crippen LogP contribution in [0, 0.1) is 0 Å². The number of methoxy groups -OCH3 is 1. The summed E-state index contributed by atoms with van der Waals surface area (Å²) in [6.07, 6.45) is 3.29. The lowest BCUT2D eigenvalue weighted by Gasteiger charge is -2.04. The average Bonchev–Trinajstić information content (AvgIpc) is 2.64. The molecular formula is C17H14BrN5O. The zero-order chi connectivity index (χ0) is 16.8. The number of rotatable bonds is 5. The van der Waals surface area contributed by atoms with Crippen LogP contribution in [0.25, 0.3) is 11.3 Å². The van der Waals surface area contributed by atoms with Crippen molar-refractivity contribution in [3.8, 4) is 17.0 Å². The van der Waals surface area contributed by atoms with Gasteiger partial charge in [0.1, 0.15) is 5.75 Å². The molecule has 0 aliphatic heterocycles. The van der Waals surface area contributed by atoms with Crippen molar-refractivity contribution in [3.05, 3.63) is 64.8 Å². The van der Waals surface area contributed by atoms with Crippen molar-refractivity contribution in [2.45, 2.75) is 0 Å². The smallest absolute Gasteiger partial charge is 0.263 e. The topological polar surface area (TPSA) is 72.3 Å². The summed E-state index contributed by atoms with van der Waals surface area (Å²) in [5.74, 6) is 1.12. The fourth-order valence-corrected chi connectivity index (χ4v) is 2.23. The number of hydrazone groups is 1. The normalized spacial score (nSPS) is 10.8. The maximum absolute atomic E-state index is 5.15. The van der Waals surface area contributed by atoms with Gasteiger partial charge >= 0.3 is 0 Å². The minimum Gasteiger partial charge on any atom is -0.497 e. The molecule has 0 unspecified atom stereocenters. The molecule has 0 atom stereocenters. The van der Waals surface area contributed by atoms with Crippen LogP contribution in [0.1, 0.15) is 5.56 Å². The van der Waals surface area contributed by atoms with Gasteiger partial charge in [-0.25, -0.2) is 10.4 Å². The Morgan fingerprint density at radius 2 is 1.83 bits per heavy atom.